The number of esters is 1. The second-order valence-electron chi connectivity index (χ2n) is 6.65. The first-order valence-electron chi connectivity index (χ1n) is 8.78. The molecule has 0 aromatic heterocycles. The third-order valence-electron chi connectivity index (χ3n) is 4.99. The Morgan fingerprint density at radius 1 is 1.04 bits per heavy atom. The van der Waals surface area contributed by atoms with E-state index in [-0.39, 0.29) is 30.4 Å². The zero-order valence-electron chi connectivity index (χ0n) is 13.6. The van der Waals surface area contributed by atoms with E-state index in [2.05, 4.69) is 17.4 Å². The fraction of sp³-hybridized carbons (Fsp3) is 0.579. The van der Waals surface area contributed by atoms with Gasteiger partial charge in [-0.2, -0.15) is 0 Å². The zero-order valence-corrected chi connectivity index (χ0v) is 13.6. The van der Waals surface area contributed by atoms with E-state index in [1.165, 1.54) is 17.5 Å². The molecule has 0 saturated heterocycles. The van der Waals surface area contributed by atoms with E-state index >= 15 is 0 Å². The standard InChI is InChI=1S/C19H25NO3/c21-18(13-23-19(22)15-8-2-1-3-9-15)20-17-12-6-10-14-7-4-5-11-16(14)17/h4-5,7,11,15,17H,1-3,6,8-10,12-13H2,(H,20,21)/t17-/m1/s1. The molecule has 1 aromatic carbocycles. The maximum absolute atomic E-state index is 12.1. The van der Waals surface area contributed by atoms with Crippen LogP contribution in [0.3, 0.4) is 0 Å². The molecule has 0 bridgehead atoms. The first kappa shape index (κ1) is 16.0. The Labute approximate surface area is 137 Å². The van der Waals surface area contributed by atoms with Crippen molar-refractivity contribution in [2.75, 3.05) is 6.61 Å². The normalized spacial score (nSPS) is 21.3. The zero-order chi connectivity index (χ0) is 16.1. The average Bonchev–Trinajstić information content (AvgIpc) is 2.61. The first-order chi connectivity index (χ1) is 11.2. The highest BCUT2D eigenvalue weighted by Crippen LogP contribution is 2.29. The number of ether oxygens (including phenoxy) is 1. The van der Waals surface area contributed by atoms with Crippen molar-refractivity contribution in [2.45, 2.75) is 57.4 Å². The molecule has 0 spiro atoms. The number of fused-ring (bicyclic) bond motifs is 1. The van der Waals surface area contributed by atoms with Crippen LogP contribution in [0.5, 0.6) is 0 Å². The van der Waals surface area contributed by atoms with Gasteiger partial charge in [-0.3, -0.25) is 9.59 Å². The molecule has 4 nitrogen and oxygen atoms in total. The molecule has 1 aromatic rings. The molecular weight excluding hydrogens is 290 g/mol. The molecule has 4 heteroatoms. The van der Waals surface area contributed by atoms with Crippen LogP contribution >= 0.6 is 0 Å². The Kier molecular flexibility index (Phi) is 5.31. The topological polar surface area (TPSA) is 55.4 Å². The van der Waals surface area contributed by atoms with E-state index in [0.29, 0.717) is 0 Å². The van der Waals surface area contributed by atoms with Crippen molar-refractivity contribution in [3.05, 3.63) is 35.4 Å². The second kappa shape index (κ2) is 7.62. The predicted octanol–water partition coefficient (Wildman–Crippen LogP) is 3.30. The fourth-order valence-corrected chi connectivity index (χ4v) is 3.73. The van der Waals surface area contributed by atoms with Crippen molar-refractivity contribution in [3.8, 4) is 0 Å². The van der Waals surface area contributed by atoms with Crippen molar-refractivity contribution in [1.82, 2.24) is 5.32 Å². The minimum absolute atomic E-state index is 0.00745. The van der Waals surface area contributed by atoms with Crippen molar-refractivity contribution in [1.29, 1.82) is 0 Å². The Morgan fingerprint density at radius 2 is 1.83 bits per heavy atom. The van der Waals surface area contributed by atoms with E-state index < -0.39 is 0 Å². The predicted molar refractivity (Wildman–Crippen MR) is 87.8 cm³/mol. The van der Waals surface area contributed by atoms with Gasteiger partial charge in [0.2, 0.25) is 0 Å². The van der Waals surface area contributed by atoms with Gasteiger partial charge in [-0.15, -0.1) is 0 Å². The van der Waals surface area contributed by atoms with Gasteiger partial charge in [-0.25, -0.2) is 0 Å². The summed E-state index contributed by atoms with van der Waals surface area (Å²) >= 11 is 0. The van der Waals surface area contributed by atoms with Gasteiger partial charge < -0.3 is 10.1 Å². The van der Waals surface area contributed by atoms with Gasteiger partial charge in [-0.05, 0) is 43.2 Å². The third kappa shape index (κ3) is 4.12. The van der Waals surface area contributed by atoms with Gasteiger partial charge in [0.15, 0.2) is 6.61 Å². The number of carbonyl (C=O) groups is 2. The molecule has 1 N–H and O–H groups in total. The van der Waals surface area contributed by atoms with Crippen molar-refractivity contribution in [3.63, 3.8) is 0 Å². The fourth-order valence-electron chi connectivity index (χ4n) is 3.73. The molecule has 0 unspecified atom stereocenters. The molecule has 3 rings (SSSR count). The molecule has 1 fully saturated rings. The van der Waals surface area contributed by atoms with Gasteiger partial charge >= 0.3 is 5.97 Å². The molecule has 1 atom stereocenters. The van der Waals surface area contributed by atoms with E-state index in [1.807, 2.05) is 12.1 Å². The first-order valence-corrected chi connectivity index (χ1v) is 8.78. The Balaban J connectivity index is 1.49. The number of carbonyl (C=O) groups excluding carboxylic acids is 2. The number of benzene rings is 1. The van der Waals surface area contributed by atoms with Crippen LogP contribution in [0, 0.1) is 5.92 Å². The highest BCUT2D eigenvalue weighted by molar-refractivity contribution is 5.81. The number of amides is 1. The SMILES string of the molecule is O=C(COC(=O)C1CCCCC1)N[C@@H]1CCCc2ccccc21. The lowest BCUT2D eigenvalue weighted by molar-refractivity contribution is -0.153. The van der Waals surface area contributed by atoms with Crippen LogP contribution in [0.15, 0.2) is 24.3 Å². The number of hydrogen-bond acceptors (Lipinski definition) is 3. The highest BCUT2D eigenvalue weighted by Gasteiger charge is 2.25. The van der Waals surface area contributed by atoms with Crippen LogP contribution in [0.2, 0.25) is 0 Å². The summed E-state index contributed by atoms with van der Waals surface area (Å²) in [5.41, 5.74) is 2.51. The van der Waals surface area contributed by atoms with E-state index in [1.54, 1.807) is 0 Å². The average molecular weight is 315 g/mol. The molecule has 0 radical (unpaired) electrons. The van der Waals surface area contributed by atoms with E-state index in [4.69, 9.17) is 4.74 Å². The van der Waals surface area contributed by atoms with Crippen LogP contribution in [0.25, 0.3) is 0 Å². The molecular formula is C19H25NO3. The summed E-state index contributed by atoms with van der Waals surface area (Å²) in [6.45, 7) is -0.159. The van der Waals surface area contributed by atoms with Crippen molar-refractivity contribution >= 4 is 11.9 Å². The molecule has 1 amide bonds. The number of aryl methyl sites for hydroxylation is 1. The lowest BCUT2D eigenvalue weighted by Gasteiger charge is -2.26. The summed E-state index contributed by atoms with van der Waals surface area (Å²) in [5.74, 6) is -0.410. The lowest BCUT2D eigenvalue weighted by atomic mass is 9.88. The second-order valence-corrected chi connectivity index (χ2v) is 6.65. The maximum Gasteiger partial charge on any atom is 0.309 e. The van der Waals surface area contributed by atoms with E-state index in [9.17, 15) is 9.59 Å². The summed E-state index contributed by atoms with van der Waals surface area (Å²) in [7, 11) is 0. The number of hydrogen-bond donors (Lipinski definition) is 1. The maximum atomic E-state index is 12.1. The van der Waals surface area contributed by atoms with Gasteiger partial charge in [0.1, 0.15) is 0 Å². The van der Waals surface area contributed by atoms with Crippen molar-refractivity contribution in [2.24, 2.45) is 5.92 Å². The van der Waals surface area contributed by atoms with Crippen LogP contribution in [-0.2, 0) is 20.7 Å². The molecule has 0 heterocycles. The third-order valence-corrected chi connectivity index (χ3v) is 4.99. The monoisotopic (exact) mass is 315 g/mol. The minimum atomic E-state index is -0.205. The molecule has 0 aliphatic heterocycles. The van der Waals surface area contributed by atoms with Gasteiger partial charge in [0.05, 0.1) is 12.0 Å². The molecule has 2 aliphatic carbocycles. The molecule has 23 heavy (non-hydrogen) atoms. The Morgan fingerprint density at radius 3 is 2.65 bits per heavy atom. The van der Waals surface area contributed by atoms with Gasteiger partial charge in [-0.1, -0.05) is 43.5 Å². The van der Waals surface area contributed by atoms with Gasteiger partial charge in [0.25, 0.3) is 5.91 Å². The van der Waals surface area contributed by atoms with Crippen LogP contribution in [-0.4, -0.2) is 18.5 Å². The summed E-state index contributed by atoms with van der Waals surface area (Å²) in [4.78, 5) is 24.1. The quantitative estimate of drug-likeness (QED) is 0.867. The number of rotatable bonds is 4. The minimum Gasteiger partial charge on any atom is -0.455 e. The summed E-state index contributed by atoms with van der Waals surface area (Å²) < 4.78 is 5.22. The largest absolute Gasteiger partial charge is 0.455 e. The highest BCUT2D eigenvalue weighted by atomic mass is 16.5. The van der Waals surface area contributed by atoms with Crippen LogP contribution < -0.4 is 5.32 Å². The Bertz CT molecular complexity index is 563. The number of nitrogens with one attached hydrogen (secondary N) is 1. The smallest absolute Gasteiger partial charge is 0.309 e. The van der Waals surface area contributed by atoms with Crippen LogP contribution in [0.1, 0.15) is 62.1 Å². The lowest BCUT2D eigenvalue weighted by Crippen LogP contribution is -2.35. The summed E-state index contributed by atoms with van der Waals surface area (Å²) in [6.07, 6.45) is 8.26. The summed E-state index contributed by atoms with van der Waals surface area (Å²) in [6, 6.07) is 8.28. The Hall–Kier alpha value is -1.84. The van der Waals surface area contributed by atoms with Crippen LogP contribution in [0.4, 0.5) is 0 Å². The van der Waals surface area contributed by atoms with Crippen molar-refractivity contribution < 1.29 is 14.3 Å². The van der Waals surface area contributed by atoms with Gasteiger partial charge in [0, 0.05) is 0 Å². The molecule has 124 valence electrons. The molecule has 1 saturated carbocycles. The van der Waals surface area contributed by atoms with E-state index in [0.717, 1.165) is 44.9 Å². The molecule has 2 aliphatic rings. The summed E-state index contributed by atoms with van der Waals surface area (Å²) in [5, 5.41) is 3.02.